The van der Waals surface area contributed by atoms with Gasteiger partial charge < -0.3 is 9.64 Å². The van der Waals surface area contributed by atoms with E-state index in [-0.39, 0.29) is 5.91 Å². The fourth-order valence-electron chi connectivity index (χ4n) is 4.09. The second-order valence-corrected chi connectivity index (χ2v) is 8.05. The summed E-state index contributed by atoms with van der Waals surface area (Å²) in [6.07, 6.45) is 5.86. The topological polar surface area (TPSA) is 93.9 Å². The minimum absolute atomic E-state index is 0.0247. The molecule has 32 heavy (non-hydrogen) atoms. The molecule has 0 fully saturated rings. The zero-order valence-corrected chi connectivity index (χ0v) is 18.6. The molecule has 5 rings (SSSR count). The fourth-order valence-corrected chi connectivity index (χ4v) is 4.09. The van der Waals surface area contributed by atoms with Crippen LogP contribution in [0.2, 0.25) is 0 Å². The molecule has 1 aliphatic heterocycles. The molecule has 0 aliphatic carbocycles. The number of aromatic amines is 1. The third-order valence-corrected chi connectivity index (χ3v) is 6.04. The molecular weight excluding hydrogens is 406 g/mol. The lowest BCUT2D eigenvalue weighted by atomic mass is 10.0. The lowest BCUT2D eigenvalue weighted by Crippen LogP contribution is -2.33. The number of carbonyl (C=O) groups is 1. The molecule has 0 spiro atoms. The molecule has 3 aromatic heterocycles. The Bertz CT molecular complexity index is 1360. The maximum atomic E-state index is 12.4. The Morgan fingerprint density at radius 2 is 2.03 bits per heavy atom. The van der Waals surface area contributed by atoms with Crippen LogP contribution in [0.1, 0.15) is 29.6 Å². The summed E-state index contributed by atoms with van der Waals surface area (Å²) in [6, 6.07) is 6.11. The summed E-state index contributed by atoms with van der Waals surface area (Å²) in [5, 5.41) is 17.6. The van der Waals surface area contributed by atoms with Crippen LogP contribution in [-0.2, 0) is 25.4 Å². The number of hydrogen-bond donors (Lipinski definition) is 1. The smallest absolute Gasteiger partial charge is 0.219 e. The second-order valence-electron chi connectivity index (χ2n) is 8.05. The van der Waals surface area contributed by atoms with Gasteiger partial charge in [0.05, 0.1) is 41.8 Å². The predicted octanol–water partition coefficient (Wildman–Crippen LogP) is 2.92. The summed E-state index contributed by atoms with van der Waals surface area (Å²) in [7, 11) is 3.76. The number of aromatic nitrogens is 6. The summed E-state index contributed by atoms with van der Waals surface area (Å²) in [4.78, 5) is 14.1. The molecule has 9 nitrogen and oxygen atoms in total. The lowest BCUT2D eigenvalue weighted by molar-refractivity contribution is -0.129. The Labute approximate surface area is 185 Å². The molecule has 9 heteroatoms. The summed E-state index contributed by atoms with van der Waals surface area (Å²) in [5.74, 6) is 0.640. The maximum Gasteiger partial charge on any atom is 0.219 e. The monoisotopic (exact) mass is 431 g/mol. The number of carbonyl (C=O) groups excluding carboxylic acids is 1. The summed E-state index contributed by atoms with van der Waals surface area (Å²) in [6.45, 7) is 4.80. The number of benzene rings is 1. The molecule has 164 valence electrons. The van der Waals surface area contributed by atoms with Crippen LogP contribution in [-0.4, -0.2) is 53.7 Å². The molecule has 1 aliphatic rings. The maximum absolute atomic E-state index is 12.4. The normalized spacial score (nSPS) is 15.1. The predicted molar refractivity (Wildman–Crippen MR) is 122 cm³/mol. The quantitative estimate of drug-likeness (QED) is 0.462. The molecule has 1 amide bonds. The van der Waals surface area contributed by atoms with Gasteiger partial charge in [0.25, 0.3) is 0 Å². The van der Waals surface area contributed by atoms with E-state index in [1.54, 1.807) is 22.7 Å². The first-order valence-corrected chi connectivity index (χ1v) is 10.5. The van der Waals surface area contributed by atoms with Gasteiger partial charge in [0, 0.05) is 37.7 Å². The molecule has 1 aromatic carbocycles. The van der Waals surface area contributed by atoms with E-state index < -0.39 is 0 Å². The molecule has 4 aromatic rings. The number of nitrogens with zero attached hydrogens (tertiary/aromatic N) is 6. The van der Waals surface area contributed by atoms with E-state index in [0.29, 0.717) is 25.6 Å². The Balaban J connectivity index is 1.68. The van der Waals surface area contributed by atoms with Crippen molar-refractivity contribution in [3.63, 3.8) is 0 Å². The van der Waals surface area contributed by atoms with Crippen LogP contribution in [0.25, 0.3) is 34.2 Å². The van der Waals surface area contributed by atoms with Crippen LogP contribution in [0.3, 0.4) is 0 Å². The number of rotatable bonds is 0. The first-order valence-electron chi connectivity index (χ1n) is 10.5. The number of H-pyrrole nitrogens is 1. The van der Waals surface area contributed by atoms with Gasteiger partial charge in [0.15, 0.2) is 0 Å². The lowest BCUT2D eigenvalue weighted by Gasteiger charge is -2.21. The standard InChI is InChI=1S/C23H25N7O2/c1-14-17-6-8-21-18-11-16(5-7-20(18)25-26-21)19-12-24-29(4)23(19)32-10-9-30(15(2)31)13-22(17)27-28(14)3/h5-8,11-12H,9-10,13H2,1-4H3,(H,25,26)/b8-6+. The Morgan fingerprint density at radius 1 is 1.19 bits per heavy atom. The summed E-state index contributed by atoms with van der Waals surface area (Å²) >= 11 is 0. The zero-order chi connectivity index (χ0) is 22.4. The first kappa shape index (κ1) is 20.0. The summed E-state index contributed by atoms with van der Waals surface area (Å²) < 4.78 is 9.68. The average Bonchev–Trinajstić information content (AvgIpc) is 3.41. The van der Waals surface area contributed by atoms with Gasteiger partial charge in [-0.3, -0.25) is 14.6 Å². The third kappa shape index (κ3) is 3.35. The highest BCUT2D eigenvalue weighted by Crippen LogP contribution is 2.33. The van der Waals surface area contributed by atoms with Crippen molar-refractivity contribution in [1.29, 1.82) is 0 Å². The van der Waals surface area contributed by atoms with E-state index in [9.17, 15) is 4.79 Å². The largest absolute Gasteiger partial charge is 0.476 e. The molecule has 4 heterocycles. The van der Waals surface area contributed by atoms with Crippen LogP contribution in [0.5, 0.6) is 5.88 Å². The number of ether oxygens (including phenoxy) is 1. The van der Waals surface area contributed by atoms with E-state index in [2.05, 4.69) is 26.5 Å². The first-order chi connectivity index (χ1) is 15.4. The van der Waals surface area contributed by atoms with Crippen LogP contribution >= 0.6 is 0 Å². The minimum Gasteiger partial charge on any atom is -0.476 e. The van der Waals surface area contributed by atoms with E-state index in [1.165, 1.54) is 0 Å². The summed E-state index contributed by atoms with van der Waals surface area (Å²) in [5.41, 5.74) is 6.56. The van der Waals surface area contributed by atoms with Crippen molar-refractivity contribution in [3.8, 4) is 17.0 Å². The van der Waals surface area contributed by atoms with Crippen molar-refractivity contribution in [2.24, 2.45) is 14.1 Å². The molecular formula is C23H25N7O2. The van der Waals surface area contributed by atoms with Crippen molar-refractivity contribution in [2.75, 3.05) is 13.2 Å². The van der Waals surface area contributed by atoms with E-state index >= 15 is 0 Å². The number of nitrogens with one attached hydrogen (secondary N) is 1. The van der Waals surface area contributed by atoms with E-state index in [1.807, 2.05) is 50.0 Å². The molecule has 0 atom stereocenters. The third-order valence-electron chi connectivity index (χ3n) is 6.04. The van der Waals surface area contributed by atoms with Crippen LogP contribution in [0, 0.1) is 6.92 Å². The molecule has 0 saturated carbocycles. The Kier molecular flexibility index (Phi) is 4.80. The van der Waals surface area contributed by atoms with Crippen molar-refractivity contribution in [1.82, 2.24) is 34.7 Å². The number of amides is 1. The van der Waals surface area contributed by atoms with E-state index in [0.717, 1.165) is 44.7 Å². The Morgan fingerprint density at radius 3 is 2.84 bits per heavy atom. The zero-order valence-electron chi connectivity index (χ0n) is 18.6. The molecule has 0 unspecified atom stereocenters. The average molecular weight is 432 g/mol. The Hall–Kier alpha value is -3.88. The van der Waals surface area contributed by atoms with Crippen LogP contribution in [0.15, 0.2) is 24.4 Å². The number of aryl methyl sites for hydroxylation is 2. The van der Waals surface area contributed by atoms with Gasteiger partial charge >= 0.3 is 0 Å². The highest BCUT2D eigenvalue weighted by molar-refractivity contribution is 5.93. The SMILES string of the molecule is CC(=O)N1CCOc2c(cnn2C)-c2ccc3n[nH]c(c3c2)/C=C/c2c(nn(C)c2C)C1. The molecule has 0 radical (unpaired) electrons. The van der Waals surface area contributed by atoms with Crippen molar-refractivity contribution in [2.45, 2.75) is 20.4 Å². The number of hydrogen-bond acceptors (Lipinski definition) is 5. The highest BCUT2D eigenvalue weighted by Gasteiger charge is 2.19. The number of fused-ring (bicyclic) bond motifs is 4. The second kappa shape index (κ2) is 7.67. The fraction of sp³-hybridized carbons (Fsp3) is 0.304. The molecule has 2 bridgehead atoms. The van der Waals surface area contributed by atoms with E-state index in [4.69, 9.17) is 4.74 Å². The van der Waals surface area contributed by atoms with Crippen molar-refractivity contribution < 1.29 is 9.53 Å². The minimum atomic E-state index is -0.0247. The molecule has 1 N–H and O–H groups in total. The highest BCUT2D eigenvalue weighted by atomic mass is 16.5. The van der Waals surface area contributed by atoms with Gasteiger partial charge in [-0.15, -0.1) is 0 Å². The van der Waals surface area contributed by atoms with Gasteiger partial charge in [0.2, 0.25) is 11.8 Å². The van der Waals surface area contributed by atoms with Gasteiger partial charge in [-0.25, -0.2) is 4.68 Å². The van der Waals surface area contributed by atoms with Gasteiger partial charge in [0.1, 0.15) is 6.61 Å². The van der Waals surface area contributed by atoms with Gasteiger partial charge in [-0.2, -0.15) is 15.3 Å². The van der Waals surface area contributed by atoms with Crippen LogP contribution < -0.4 is 4.74 Å². The van der Waals surface area contributed by atoms with Crippen molar-refractivity contribution in [3.05, 3.63) is 47.0 Å². The van der Waals surface area contributed by atoms with Gasteiger partial charge in [-0.05, 0) is 36.8 Å². The van der Waals surface area contributed by atoms with Crippen LogP contribution in [0.4, 0.5) is 0 Å². The van der Waals surface area contributed by atoms with Crippen molar-refractivity contribution >= 4 is 29.0 Å². The molecule has 0 saturated heterocycles. The van der Waals surface area contributed by atoms with Gasteiger partial charge in [-0.1, -0.05) is 6.07 Å².